The number of hydrogen-bond donors (Lipinski definition) is 1. The van der Waals surface area contributed by atoms with Gasteiger partial charge in [-0.3, -0.25) is 14.3 Å². The van der Waals surface area contributed by atoms with Crippen LogP contribution < -0.4 is 14.2 Å². The summed E-state index contributed by atoms with van der Waals surface area (Å²) in [5.74, 6) is 1.50. The molecule has 0 radical (unpaired) electrons. The predicted molar refractivity (Wildman–Crippen MR) is 151 cm³/mol. The molecule has 5 rings (SSSR count). The van der Waals surface area contributed by atoms with Crippen LogP contribution in [0.3, 0.4) is 0 Å². The van der Waals surface area contributed by atoms with Crippen molar-refractivity contribution in [2.24, 2.45) is 0 Å². The minimum absolute atomic E-state index is 0.0314. The minimum Gasteiger partial charge on any atom is -0.494 e. The molecule has 4 aromatic rings. The molecule has 3 aromatic heterocycles. The lowest BCUT2D eigenvalue weighted by molar-refractivity contribution is 0.273. The third-order valence-corrected chi connectivity index (χ3v) is 9.57. The summed E-state index contributed by atoms with van der Waals surface area (Å²) < 4.78 is 43.4. The number of para-hydroxylation sites is 1. The normalized spacial score (nSPS) is 16.0. The Morgan fingerprint density at radius 1 is 0.950 bits per heavy atom. The van der Waals surface area contributed by atoms with Crippen molar-refractivity contribution in [3.05, 3.63) is 77.9 Å². The molecule has 40 heavy (non-hydrogen) atoms. The SMILES string of the molecule is COc1cccc(OC)c1-n1c(NS(=O)(=O)[C@@H](C)[C@H](C)c2ncc(C)cn2)nnc1C1(c2ccccn2)CCC1. The van der Waals surface area contributed by atoms with E-state index in [1.165, 1.54) is 0 Å². The van der Waals surface area contributed by atoms with Crippen molar-refractivity contribution in [1.29, 1.82) is 0 Å². The van der Waals surface area contributed by atoms with E-state index in [2.05, 4.69) is 29.9 Å². The zero-order valence-corrected chi connectivity index (χ0v) is 24.0. The van der Waals surface area contributed by atoms with Gasteiger partial charge in [-0.05, 0) is 56.5 Å². The number of pyridine rings is 1. The smallest absolute Gasteiger partial charge is 0.243 e. The molecule has 0 spiro atoms. The van der Waals surface area contributed by atoms with Crippen LogP contribution >= 0.6 is 0 Å². The molecule has 3 heterocycles. The molecule has 11 nitrogen and oxygen atoms in total. The molecule has 1 fully saturated rings. The van der Waals surface area contributed by atoms with Crippen LogP contribution in [0.5, 0.6) is 11.5 Å². The Bertz CT molecular complexity index is 1560. The van der Waals surface area contributed by atoms with Crippen LogP contribution in [0.4, 0.5) is 5.95 Å². The van der Waals surface area contributed by atoms with Crippen LogP contribution in [0.2, 0.25) is 0 Å². The number of ether oxygens (including phenoxy) is 2. The number of sulfonamides is 1. The van der Waals surface area contributed by atoms with Crippen LogP contribution in [-0.2, 0) is 15.4 Å². The van der Waals surface area contributed by atoms with Crippen LogP contribution in [-0.4, -0.2) is 57.6 Å². The van der Waals surface area contributed by atoms with E-state index in [4.69, 9.17) is 9.47 Å². The number of aryl methyl sites for hydroxylation is 1. The van der Waals surface area contributed by atoms with Gasteiger partial charge in [0.15, 0.2) is 5.82 Å². The van der Waals surface area contributed by atoms with Gasteiger partial charge in [-0.1, -0.05) is 25.5 Å². The van der Waals surface area contributed by atoms with E-state index in [9.17, 15) is 8.42 Å². The highest BCUT2D eigenvalue weighted by molar-refractivity contribution is 7.93. The Balaban J connectivity index is 1.64. The molecule has 2 atom stereocenters. The summed E-state index contributed by atoms with van der Waals surface area (Å²) in [4.78, 5) is 13.3. The molecule has 210 valence electrons. The van der Waals surface area contributed by atoms with Crippen molar-refractivity contribution < 1.29 is 17.9 Å². The largest absolute Gasteiger partial charge is 0.494 e. The van der Waals surface area contributed by atoms with Crippen molar-refractivity contribution in [1.82, 2.24) is 29.7 Å². The molecule has 0 amide bonds. The first-order chi connectivity index (χ1) is 19.2. The van der Waals surface area contributed by atoms with E-state index in [0.29, 0.717) is 28.8 Å². The lowest BCUT2D eigenvalue weighted by atomic mass is 9.65. The van der Waals surface area contributed by atoms with E-state index >= 15 is 0 Å². The molecule has 0 unspecified atom stereocenters. The minimum atomic E-state index is -3.98. The van der Waals surface area contributed by atoms with Crippen LogP contribution in [0.25, 0.3) is 5.69 Å². The predicted octanol–water partition coefficient (Wildman–Crippen LogP) is 4.18. The Hall–Kier alpha value is -4.06. The van der Waals surface area contributed by atoms with Gasteiger partial charge in [-0.2, -0.15) is 0 Å². The summed E-state index contributed by atoms with van der Waals surface area (Å²) >= 11 is 0. The maximum absolute atomic E-state index is 13.8. The van der Waals surface area contributed by atoms with Gasteiger partial charge in [-0.15, -0.1) is 10.2 Å². The number of hydrogen-bond acceptors (Lipinski definition) is 9. The third-order valence-electron chi connectivity index (χ3n) is 7.71. The van der Waals surface area contributed by atoms with Gasteiger partial charge >= 0.3 is 0 Å². The second kappa shape index (κ2) is 10.8. The topological polar surface area (TPSA) is 134 Å². The summed E-state index contributed by atoms with van der Waals surface area (Å²) in [6, 6.07) is 11.1. The summed E-state index contributed by atoms with van der Waals surface area (Å²) in [5, 5.41) is 8.08. The van der Waals surface area contributed by atoms with Gasteiger partial charge < -0.3 is 9.47 Å². The van der Waals surface area contributed by atoms with Crippen LogP contribution in [0.1, 0.15) is 61.9 Å². The van der Waals surface area contributed by atoms with Crippen LogP contribution in [0, 0.1) is 6.92 Å². The molecule has 1 aliphatic rings. The molecular weight excluding hydrogens is 530 g/mol. The van der Waals surface area contributed by atoms with E-state index in [1.54, 1.807) is 69.4 Å². The Kier molecular flexibility index (Phi) is 7.45. The van der Waals surface area contributed by atoms with Gasteiger partial charge in [0, 0.05) is 24.5 Å². The number of benzene rings is 1. The molecule has 0 bridgehead atoms. The fourth-order valence-electron chi connectivity index (χ4n) is 5.03. The second-order valence-electron chi connectivity index (χ2n) is 10.1. The summed E-state index contributed by atoms with van der Waals surface area (Å²) in [7, 11) is -0.875. The molecule has 1 saturated carbocycles. The average molecular weight is 564 g/mol. The van der Waals surface area contributed by atoms with Crippen molar-refractivity contribution in [2.75, 3.05) is 18.9 Å². The van der Waals surface area contributed by atoms with E-state index in [-0.39, 0.29) is 5.95 Å². The Morgan fingerprint density at radius 2 is 1.62 bits per heavy atom. The lowest BCUT2D eigenvalue weighted by Crippen LogP contribution is -2.39. The van der Waals surface area contributed by atoms with Crippen molar-refractivity contribution in [2.45, 2.75) is 56.6 Å². The van der Waals surface area contributed by atoms with Crippen LogP contribution in [0.15, 0.2) is 55.0 Å². The highest BCUT2D eigenvalue weighted by Crippen LogP contribution is 2.50. The van der Waals surface area contributed by atoms with Gasteiger partial charge in [0.2, 0.25) is 16.0 Å². The maximum atomic E-state index is 13.8. The van der Waals surface area contributed by atoms with Gasteiger partial charge in [-0.25, -0.2) is 18.4 Å². The molecular formula is C28H33N7O4S. The lowest BCUT2D eigenvalue weighted by Gasteiger charge is -2.40. The fraction of sp³-hybridized carbons (Fsp3) is 0.393. The Morgan fingerprint density at radius 3 is 2.17 bits per heavy atom. The van der Waals surface area contributed by atoms with E-state index < -0.39 is 26.6 Å². The summed E-state index contributed by atoms with van der Waals surface area (Å²) in [5.41, 5.74) is 1.68. The van der Waals surface area contributed by atoms with Crippen molar-refractivity contribution in [3.63, 3.8) is 0 Å². The van der Waals surface area contributed by atoms with Gasteiger partial charge in [0.05, 0.1) is 30.6 Å². The van der Waals surface area contributed by atoms with Gasteiger partial charge in [0.25, 0.3) is 0 Å². The first kappa shape index (κ1) is 27.5. The number of aromatic nitrogens is 6. The fourth-order valence-corrected chi connectivity index (χ4v) is 6.26. The number of nitrogens with one attached hydrogen (secondary N) is 1. The Labute approximate surface area is 234 Å². The average Bonchev–Trinajstić information content (AvgIpc) is 3.34. The van der Waals surface area contributed by atoms with Crippen molar-refractivity contribution >= 4 is 16.0 Å². The number of rotatable bonds is 10. The number of anilines is 1. The highest BCUT2D eigenvalue weighted by Gasteiger charge is 2.47. The molecule has 1 aromatic carbocycles. The zero-order chi connectivity index (χ0) is 28.5. The number of nitrogens with zero attached hydrogens (tertiary/aromatic N) is 6. The molecule has 1 N–H and O–H groups in total. The summed E-state index contributed by atoms with van der Waals surface area (Å²) in [6.07, 6.45) is 7.64. The number of methoxy groups -OCH3 is 2. The van der Waals surface area contributed by atoms with Crippen molar-refractivity contribution in [3.8, 4) is 17.2 Å². The highest BCUT2D eigenvalue weighted by atomic mass is 32.2. The summed E-state index contributed by atoms with van der Waals surface area (Å²) in [6.45, 7) is 5.30. The third kappa shape index (κ3) is 4.76. The monoisotopic (exact) mass is 563 g/mol. The van der Waals surface area contributed by atoms with Gasteiger partial charge in [0.1, 0.15) is 23.0 Å². The maximum Gasteiger partial charge on any atom is 0.243 e. The second-order valence-corrected chi connectivity index (χ2v) is 12.1. The first-order valence-corrected chi connectivity index (χ1v) is 14.7. The zero-order valence-electron chi connectivity index (χ0n) is 23.2. The quantitative estimate of drug-likeness (QED) is 0.301. The molecule has 0 aliphatic heterocycles. The van der Waals surface area contributed by atoms with E-state index in [1.807, 2.05) is 25.1 Å². The standard InChI is InChI=1S/C28H33N7O4S/c1-18-16-30-25(31-17-18)19(2)20(3)40(36,37)34-27-33-32-26(28(13-9-14-28)23-12-6-7-15-29-23)35(27)24-21(38-4)10-8-11-22(24)39-5/h6-8,10-12,15-17,19-20H,9,13-14H2,1-5H3,(H,33,34)/t19-,20-/m0/s1. The first-order valence-electron chi connectivity index (χ1n) is 13.1. The van der Waals surface area contributed by atoms with E-state index in [0.717, 1.165) is 30.5 Å². The molecule has 1 aliphatic carbocycles. The molecule has 12 heteroatoms. The molecule has 0 saturated heterocycles.